The van der Waals surface area contributed by atoms with Crippen LogP contribution in [0, 0.1) is 0 Å². The van der Waals surface area contributed by atoms with Gasteiger partial charge in [-0.15, -0.1) is 0 Å². The summed E-state index contributed by atoms with van der Waals surface area (Å²) in [6.07, 6.45) is 4.65. The largest absolute Gasteiger partial charge is 0.392 e. The van der Waals surface area contributed by atoms with E-state index in [1.54, 1.807) is 0 Å². The summed E-state index contributed by atoms with van der Waals surface area (Å²) in [5, 5.41) is 11.1. The minimum Gasteiger partial charge on any atom is -0.392 e. The van der Waals surface area contributed by atoms with E-state index in [1.165, 1.54) is 11.1 Å². The van der Waals surface area contributed by atoms with E-state index in [9.17, 15) is 5.11 Å². The number of hydrogen-bond donors (Lipinski definition) is 1. The molecule has 2 nitrogen and oxygen atoms in total. The van der Waals surface area contributed by atoms with Crippen LogP contribution in [-0.4, -0.2) is 16.2 Å². The van der Waals surface area contributed by atoms with Crippen LogP contribution >= 0.6 is 0 Å². The number of pyridine rings is 1. The fourth-order valence-corrected chi connectivity index (χ4v) is 3.49. The molecule has 1 aliphatic carbocycles. The van der Waals surface area contributed by atoms with Gasteiger partial charge in [-0.25, -0.2) is 0 Å². The molecule has 0 fully saturated rings. The fraction of sp³-hybridized carbons (Fsp3) is 0.421. The lowest BCUT2D eigenvalue weighted by atomic mass is 9.70. The Morgan fingerprint density at radius 3 is 2.67 bits per heavy atom. The highest BCUT2D eigenvalue weighted by atomic mass is 16.3. The van der Waals surface area contributed by atoms with Crippen LogP contribution in [0.3, 0.4) is 0 Å². The molecule has 0 aliphatic heterocycles. The quantitative estimate of drug-likeness (QED) is 0.927. The predicted octanol–water partition coefficient (Wildman–Crippen LogP) is 3.84. The number of benzene rings is 1. The highest BCUT2D eigenvalue weighted by molar-refractivity contribution is 5.31. The molecular formula is C19H23NO. The summed E-state index contributed by atoms with van der Waals surface area (Å²) in [5.74, 6) is 0.130. The zero-order chi connectivity index (χ0) is 14.9. The standard InChI is InChI=1S/C19H23NO/c1-19(2,15-10-4-3-5-11-15)18(21)16-12-6-8-14-9-7-13-20-17(14)16/h3-5,7,9-11,13,16,18,21H,6,8,12H2,1-2H3. The summed E-state index contributed by atoms with van der Waals surface area (Å²) in [5.41, 5.74) is 3.30. The number of nitrogens with zero attached hydrogens (tertiary/aromatic N) is 1. The van der Waals surface area contributed by atoms with Crippen molar-refractivity contribution >= 4 is 0 Å². The van der Waals surface area contributed by atoms with Gasteiger partial charge in [0.2, 0.25) is 0 Å². The Kier molecular flexibility index (Phi) is 3.81. The van der Waals surface area contributed by atoms with Crippen LogP contribution in [0.4, 0.5) is 0 Å². The first kappa shape index (κ1) is 14.3. The van der Waals surface area contributed by atoms with Gasteiger partial charge in [0.1, 0.15) is 0 Å². The SMILES string of the molecule is CC(C)(c1ccccc1)C(O)C1CCCc2cccnc21. The van der Waals surface area contributed by atoms with Crippen LogP contribution < -0.4 is 0 Å². The number of aryl methyl sites for hydroxylation is 1. The Morgan fingerprint density at radius 1 is 1.14 bits per heavy atom. The average Bonchev–Trinajstić information content (AvgIpc) is 2.54. The van der Waals surface area contributed by atoms with Gasteiger partial charge in [0.05, 0.1) is 6.10 Å². The van der Waals surface area contributed by atoms with E-state index in [1.807, 2.05) is 30.5 Å². The number of aromatic nitrogens is 1. The van der Waals surface area contributed by atoms with E-state index >= 15 is 0 Å². The van der Waals surface area contributed by atoms with Gasteiger partial charge in [-0.05, 0) is 36.5 Å². The Bertz CT molecular complexity index is 606. The number of hydrogen-bond acceptors (Lipinski definition) is 2. The highest BCUT2D eigenvalue weighted by Crippen LogP contribution is 2.40. The van der Waals surface area contributed by atoms with Gasteiger partial charge in [0.15, 0.2) is 0 Å². The first-order valence-corrected chi connectivity index (χ1v) is 7.78. The molecule has 0 spiro atoms. The van der Waals surface area contributed by atoms with Crippen molar-refractivity contribution in [2.24, 2.45) is 0 Å². The minimum absolute atomic E-state index is 0.130. The lowest BCUT2D eigenvalue weighted by Crippen LogP contribution is -2.40. The Morgan fingerprint density at radius 2 is 1.90 bits per heavy atom. The third kappa shape index (κ3) is 2.60. The van der Waals surface area contributed by atoms with Crippen LogP contribution in [0.5, 0.6) is 0 Å². The normalized spacial score (nSPS) is 19.9. The van der Waals surface area contributed by atoms with Crippen LogP contribution in [-0.2, 0) is 11.8 Å². The smallest absolute Gasteiger partial charge is 0.0715 e. The summed E-state index contributed by atoms with van der Waals surface area (Å²) >= 11 is 0. The van der Waals surface area contributed by atoms with Crippen molar-refractivity contribution in [1.82, 2.24) is 4.98 Å². The molecule has 0 radical (unpaired) electrons. The number of aliphatic hydroxyl groups excluding tert-OH is 1. The maximum absolute atomic E-state index is 11.1. The van der Waals surface area contributed by atoms with E-state index in [0.717, 1.165) is 25.0 Å². The van der Waals surface area contributed by atoms with E-state index in [0.29, 0.717) is 0 Å². The van der Waals surface area contributed by atoms with Gasteiger partial charge in [0, 0.05) is 23.2 Å². The lowest BCUT2D eigenvalue weighted by Gasteiger charge is -2.38. The molecule has 1 aromatic carbocycles. The molecule has 21 heavy (non-hydrogen) atoms. The van der Waals surface area contributed by atoms with E-state index in [-0.39, 0.29) is 11.3 Å². The number of fused-ring (bicyclic) bond motifs is 1. The summed E-state index contributed by atoms with van der Waals surface area (Å²) < 4.78 is 0. The van der Waals surface area contributed by atoms with Crippen molar-refractivity contribution in [2.75, 3.05) is 0 Å². The third-order valence-corrected chi connectivity index (χ3v) is 4.88. The summed E-state index contributed by atoms with van der Waals surface area (Å²) in [6, 6.07) is 14.4. The molecule has 1 aliphatic rings. The third-order valence-electron chi connectivity index (χ3n) is 4.88. The molecule has 2 aromatic rings. The van der Waals surface area contributed by atoms with E-state index < -0.39 is 6.10 Å². The maximum atomic E-state index is 11.1. The summed E-state index contributed by atoms with van der Waals surface area (Å²) in [4.78, 5) is 4.57. The second-order valence-corrected chi connectivity index (χ2v) is 6.58. The summed E-state index contributed by atoms with van der Waals surface area (Å²) in [6.45, 7) is 4.26. The van der Waals surface area contributed by atoms with Crippen molar-refractivity contribution in [3.8, 4) is 0 Å². The van der Waals surface area contributed by atoms with Crippen LogP contribution in [0.1, 0.15) is 49.4 Å². The molecule has 1 N–H and O–H groups in total. The average molecular weight is 281 g/mol. The molecule has 2 heteroatoms. The summed E-state index contributed by atoms with van der Waals surface area (Å²) in [7, 11) is 0. The molecule has 0 saturated carbocycles. The fourth-order valence-electron chi connectivity index (χ4n) is 3.49. The highest BCUT2D eigenvalue weighted by Gasteiger charge is 2.38. The number of rotatable bonds is 3. The topological polar surface area (TPSA) is 33.1 Å². The Balaban J connectivity index is 1.94. The van der Waals surface area contributed by atoms with E-state index in [4.69, 9.17) is 0 Å². The molecule has 1 aromatic heterocycles. The molecule has 2 unspecified atom stereocenters. The molecule has 2 atom stereocenters. The molecular weight excluding hydrogens is 258 g/mol. The van der Waals surface area contributed by atoms with Gasteiger partial charge < -0.3 is 5.11 Å². The zero-order valence-corrected chi connectivity index (χ0v) is 12.8. The monoisotopic (exact) mass is 281 g/mol. The Labute approximate surface area is 126 Å². The van der Waals surface area contributed by atoms with Crippen molar-refractivity contribution in [1.29, 1.82) is 0 Å². The Hall–Kier alpha value is -1.67. The second-order valence-electron chi connectivity index (χ2n) is 6.58. The molecule has 3 rings (SSSR count). The van der Waals surface area contributed by atoms with Crippen molar-refractivity contribution in [3.63, 3.8) is 0 Å². The van der Waals surface area contributed by atoms with Crippen LogP contribution in [0.2, 0.25) is 0 Å². The van der Waals surface area contributed by atoms with Gasteiger partial charge in [-0.1, -0.05) is 50.2 Å². The first-order valence-electron chi connectivity index (χ1n) is 7.78. The first-order chi connectivity index (χ1) is 10.1. The van der Waals surface area contributed by atoms with Gasteiger partial charge in [-0.2, -0.15) is 0 Å². The zero-order valence-electron chi connectivity index (χ0n) is 12.8. The van der Waals surface area contributed by atoms with E-state index in [2.05, 4.69) is 37.0 Å². The molecule has 1 heterocycles. The van der Waals surface area contributed by atoms with Gasteiger partial charge in [-0.3, -0.25) is 4.98 Å². The van der Waals surface area contributed by atoms with Crippen LogP contribution in [0.15, 0.2) is 48.7 Å². The number of aliphatic hydroxyl groups is 1. The molecule has 0 saturated heterocycles. The minimum atomic E-state index is -0.422. The van der Waals surface area contributed by atoms with Crippen molar-refractivity contribution in [3.05, 3.63) is 65.5 Å². The van der Waals surface area contributed by atoms with Crippen molar-refractivity contribution < 1.29 is 5.11 Å². The van der Waals surface area contributed by atoms with Gasteiger partial charge >= 0.3 is 0 Å². The lowest BCUT2D eigenvalue weighted by molar-refractivity contribution is 0.0650. The van der Waals surface area contributed by atoms with Gasteiger partial charge in [0.25, 0.3) is 0 Å². The second kappa shape index (κ2) is 5.61. The van der Waals surface area contributed by atoms with Crippen LogP contribution in [0.25, 0.3) is 0 Å². The maximum Gasteiger partial charge on any atom is 0.0715 e. The molecule has 0 bridgehead atoms. The molecule has 0 amide bonds. The predicted molar refractivity (Wildman–Crippen MR) is 85.4 cm³/mol. The molecule has 110 valence electrons. The van der Waals surface area contributed by atoms with Crippen molar-refractivity contribution in [2.45, 2.75) is 50.5 Å².